The van der Waals surface area contributed by atoms with E-state index < -0.39 is 5.97 Å². The van der Waals surface area contributed by atoms with E-state index in [4.69, 9.17) is 9.47 Å². The molecule has 1 aliphatic heterocycles. The van der Waals surface area contributed by atoms with Crippen molar-refractivity contribution < 1.29 is 14.3 Å². The number of cyclic esters (lactones) is 1. The van der Waals surface area contributed by atoms with Gasteiger partial charge in [0.05, 0.1) is 6.61 Å². The summed E-state index contributed by atoms with van der Waals surface area (Å²) in [6.45, 7) is 2.75. The van der Waals surface area contributed by atoms with Crippen LogP contribution in [0.3, 0.4) is 0 Å². The zero-order valence-corrected chi connectivity index (χ0v) is 14.7. The summed E-state index contributed by atoms with van der Waals surface area (Å²) in [5, 5.41) is 0. The van der Waals surface area contributed by atoms with Crippen molar-refractivity contribution in [2.45, 2.75) is 13.3 Å². The van der Waals surface area contributed by atoms with Crippen molar-refractivity contribution in [3.63, 3.8) is 0 Å². The van der Waals surface area contributed by atoms with E-state index in [0.29, 0.717) is 12.5 Å². The highest BCUT2D eigenvalue weighted by atomic mass is 79.9. The van der Waals surface area contributed by atoms with Crippen LogP contribution in [0.2, 0.25) is 0 Å². The molecule has 122 valence electrons. The minimum absolute atomic E-state index is 0.284. The Morgan fingerprint density at radius 1 is 1.21 bits per heavy atom. The third-order valence-electron chi connectivity index (χ3n) is 3.35. The summed E-state index contributed by atoms with van der Waals surface area (Å²) in [6.07, 6.45) is 2.67. The molecular weight excluding hydrogens is 370 g/mol. The van der Waals surface area contributed by atoms with E-state index in [-0.39, 0.29) is 5.70 Å². The lowest BCUT2D eigenvalue weighted by Gasteiger charge is -2.04. The third kappa shape index (κ3) is 3.92. The molecule has 0 unspecified atom stereocenters. The largest absolute Gasteiger partial charge is 0.494 e. The Labute approximate surface area is 148 Å². The van der Waals surface area contributed by atoms with Crippen LogP contribution in [0.1, 0.15) is 24.5 Å². The third-order valence-corrected chi connectivity index (χ3v) is 3.84. The predicted molar refractivity (Wildman–Crippen MR) is 97.0 cm³/mol. The molecule has 2 aromatic carbocycles. The summed E-state index contributed by atoms with van der Waals surface area (Å²) in [5.74, 6) is 0.679. The molecule has 0 atom stereocenters. The van der Waals surface area contributed by atoms with Crippen LogP contribution in [0.4, 0.5) is 0 Å². The number of hydrogen-bond acceptors (Lipinski definition) is 4. The van der Waals surface area contributed by atoms with Crippen molar-refractivity contribution in [3.8, 4) is 5.75 Å². The van der Waals surface area contributed by atoms with E-state index >= 15 is 0 Å². The van der Waals surface area contributed by atoms with Gasteiger partial charge in [-0.3, -0.25) is 0 Å². The number of ether oxygens (including phenoxy) is 2. The second kappa shape index (κ2) is 7.45. The van der Waals surface area contributed by atoms with Gasteiger partial charge in [-0.05, 0) is 48.4 Å². The molecule has 0 amide bonds. The van der Waals surface area contributed by atoms with E-state index in [1.54, 1.807) is 6.08 Å². The van der Waals surface area contributed by atoms with Gasteiger partial charge >= 0.3 is 5.97 Å². The number of benzene rings is 2. The number of aliphatic imine (C=N–C) groups is 1. The SMILES string of the molecule is CCCOc1ccc(/C=C2/N=C(c3cccc(Br)c3)OC2=O)cc1. The highest BCUT2D eigenvalue weighted by molar-refractivity contribution is 9.10. The van der Waals surface area contributed by atoms with Crippen LogP contribution in [0.25, 0.3) is 6.08 Å². The average Bonchev–Trinajstić information content (AvgIpc) is 2.95. The first-order valence-corrected chi connectivity index (χ1v) is 8.46. The molecule has 1 heterocycles. The van der Waals surface area contributed by atoms with E-state index in [2.05, 4.69) is 27.8 Å². The van der Waals surface area contributed by atoms with Crippen LogP contribution < -0.4 is 4.74 Å². The maximum absolute atomic E-state index is 12.0. The maximum Gasteiger partial charge on any atom is 0.363 e. The first-order valence-electron chi connectivity index (χ1n) is 7.67. The zero-order chi connectivity index (χ0) is 16.9. The molecule has 2 aromatic rings. The molecule has 24 heavy (non-hydrogen) atoms. The summed E-state index contributed by atoms with van der Waals surface area (Å²) >= 11 is 3.40. The van der Waals surface area contributed by atoms with Gasteiger partial charge in [0, 0.05) is 10.0 Å². The Bertz CT molecular complexity index is 810. The first kappa shape index (κ1) is 16.5. The summed E-state index contributed by atoms with van der Waals surface area (Å²) in [6, 6.07) is 15.0. The van der Waals surface area contributed by atoms with Crippen LogP contribution in [0, 0.1) is 0 Å². The number of halogens is 1. The minimum atomic E-state index is -0.448. The van der Waals surface area contributed by atoms with Crippen molar-refractivity contribution in [2.75, 3.05) is 6.61 Å². The Hall–Kier alpha value is -2.40. The van der Waals surface area contributed by atoms with Gasteiger partial charge in [0.1, 0.15) is 5.75 Å². The summed E-state index contributed by atoms with van der Waals surface area (Å²) < 4.78 is 11.7. The highest BCUT2D eigenvalue weighted by Crippen LogP contribution is 2.22. The Balaban J connectivity index is 1.80. The molecular formula is C19H16BrNO3. The molecule has 0 N–H and O–H groups in total. The van der Waals surface area contributed by atoms with Gasteiger partial charge in [0.2, 0.25) is 5.90 Å². The lowest BCUT2D eigenvalue weighted by Crippen LogP contribution is -2.05. The topological polar surface area (TPSA) is 47.9 Å². The van der Waals surface area contributed by atoms with Gasteiger partial charge in [-0.2, -0.15) is 0 Å². The molecule has 0 saturated carbocycles. The van der Waals surface area contributed by atoms with Gasteiger partial charge in [-0.15, -0.1) is 0 Å². The highest BCUT2D eigenvalue weighted by Gasteiger charge is 2.24. The number of rotatable bonds is 5. The average molecular weight is 386 g/mol. The number of hydrogen-bond donors (Lipinski definition) is 0. The summed E-state index contributed by atoms with van der Waals surface area (Å²) in [5.41, 5.74) is 1.90. The fraction of sp³-hybridized carbons (Fsp3) is 0.158. The molecule has 0 aliphatic carbocycles. The van der Waals surface area contributed by atoms with Gasteiger partial charge in [-0.1, -0.05) is 41.1 Å². The molecule has 0 fully saturated rings. The number of nitrogens with zero attached hydrogens (tertiary/aromatic N) is 1. The van der Waals surface area contributed by atoms with Crippen LogP contribution in [-0.4, -0.2) is 18.5 Å². The number of esters is 1. The Kier molecular flexibility index (Phi) is 5.11. The fourth-order valence-electron chi connectivity index (χ4n) is 2.19. The van der Waals surface area contributed by atoms with Gasteiger partial charge in [0.25, 0.3) is 0 Å². The van der Waals surface area contributed by atoms with E-state index in [0.717, 1.165) is 27.8 Å². The molecule has 1 aliphatic rings. The van der Waals surface area contributed by atoms with Crippen LogP contribution in [-0.2, 0) is 9.53 Å². The standard InChI is InChI=1S/C19H16BrNO3/c1-2-10-23-16-8-6-13(7-9-16)11-17-19(22)24-18(21-17)14-4-3-5-15(20)12-14/h3-9,11-12H,2,10H2,1H3/b17-11+. The van der Waals surface area contributed by atoms with Gasteiger partial charge in [0.15, 0.2) is 5.70 Å². The maximum atomic E-state index is 12.0. The van der Waals surface area contributed by atoms with Crippen molar-refractivity contribution in [3.05, 3.63) is 69.8 Å². The van der Waals surface area contributed by atoms with Crippen LogP contribution in [0.15, 0.2) is 63.7 Å². The Morgan fingerprint density at radius 2 is 2.00 bits per heavy atom. The van der Waals surface area contributed by atoms with Crippen molar-refractivity contribution in [1.82, 2.24) is 0 Å². The van der Waals surface area contributed by atoms with Gasteiger partial charge in [-0.25, -0.2) is 9.79 Å². The lowest BCUT2D eigenvalue weighted by atomic mass is 10.2. The summed E-state index contributed by atoms with van der Waals surface area (Å²) in [7, 11) is 0. The lowest BCUT2D eigenvalue weighted by molar-refractivity contribution is -0.129. The monoisotopic (exact) mass is 385 g/mol. The minimum Gasteiger partial charge on any atom is -0.494 e. The smallest absolute Gasteiger partial charge is 0.363 e. The van der Waals surface area contributed by atoms with Crippen LogP contribution in [0.5, 0.6) is 5.75 Å². The molecule has 3 rings (SSSR count). The molecule has 0 bridgehead atoms. The number of carbonyl (C=O) groups is 1. The Morgan fingerprint density at radius 3 is 2.71 bits per heavy atom. The molecule has 0 spiro atoms. The van der Waals surface area contributed by atoms with E-state index in [1.807, 2.05) is 48.5 Å². The van der Waals surface area contributed by atoms with E-state index in [1.165, 1.54) is 0 Å². The first-order chi connectivity index (χ1) is 11.7. The van der Waals surface area contributed by atoms with Crippen LogP contribution >= 0.6 is 15.9 Å². The molecule has 5 heteroatoms. The molecule has 0 radical (unpaired) electrons. The molecule has 0 saturated heterocycles. The van der Waals surface area contributed by atoms with Crippen molar-refractivity contribution in [2.24, 2.45) is 4.99 Å². The van der Waals surface area contributed by atoms with E-state index in [9.17, 15) is 4.79 Å². The molecule has 4 nitrogen and oxygen atoms in total. The van der Waals surface area contributed by atoms with Crippen molar-refractivity contribution >= 4 is 33.9 Å². The molecule has 0 aromatic heterocycles. The summed E-state index contributed by atoms with van der Waals surface area (Å²) in [4.78, 5) is 16.3. The second-order valence-corrected chi connectivity index (χ2v) is 6.18. The quantitative estimate of drug-likeness (QED) is 0.558. The number of carbonyl (C=O) groups excluding carboxylic acids is 1. The normalized spacial score (nSPS) is 15.3. The fourth-order valence-corrected chi connectivity index (χ4v) is 2.59. The zero-order valence-electron chi connectivity index (χ0n) is 13.2. The predicted octanol–water partition coefficient (Wildman–Crippen LogP) is 4.58. The second-order valence-electron chi connectivity index (χ2n) is 5.26. The van der Waals surface area contributed by atoms with Gasteiger partial charge < -0.3 is 9.47 Å². The van der Waals surface area contributed by atoms with Crippen molar-refractivity contribution in [1.29, 1.82) is 0 Å².